The van der Waals surface area contributed by atoms with Crippen LogP contribution >= 0.6 is 0 Å². The smallest absolute Gasteiger partial charge is 0.259 e. The average Bonchev–Trinajstić information content (AvgIpc) is 2.37. The Bertz CT molecular complexity index is 368. The third-order valence-electron chi connectivity index (χ3n) is 2.64. The van der Waals surface area contributed by atoms with Gasteiger partial charge in [-0.2, -0.15) is 0 Å². The molecule has 0 saturated heterocycles. The third-order valence-corrected chi connectivity index (χ3v) is 2.64. The minimum Gasteiger partial charge on any atom is -0.496 e. The molecule has 1 unspecified atom stereocenters. The van der Waals surface area contributed by atoms with Crippen LogP contribution in [0.25, 0.3) is 0 Å². The Balaban J connectivity index is 3.05. The van der Waals surface area contributed by atoms with Gasteiger partial charge in [-0.3, -0.25) is 4.79 Å². The normalized spacial score (nSPS) is 11.8. The Morgan fingerprint density at radius 3 is 2.24 bits per heavy atom. The first-order chi connectivity index (χ1) is 8.13. The fourth-order valence-corrected chi connectivity index (χ4v) is 1.47. The van der Waals surface area contributed by atoms with Crippen LogP contribution in [0.15, 0.2) is 18.2 Å². The first kappa shape index (κ1) is 13.4. The van der Waals surface area contributed by atoms with Gasteiger partial charge >= 0.3 is 0 Å². The molecule has 0 aliphatic heterocycles. The molecule has 0 spiro atoms. The van der Waals surface area contributed by atoms with E-state index in [0.29, 0.717) is 17.1 Å². The highest BCUT2D eigenvalue weighted by molar-refractivity contribution is 5.99. The van der Waals surface area contributed by atoms with Crippen molar-refractivity contribution in [1.29, 1.82) is 0 Å². The van der Waals surface area contributed by atoms with Crippen molar-refractivity contribution < 1.29 is 14.3 Å². The summed E-state index contributed by atoms with van der Waals surface area (Å²) < 4.78 is 10.4. The second-order valence-corrected chi connectivity index (χ2v) is 3.82. The Hall–Kier alpha value is -1.71. The zero-order valence-electron chi connectivity index (χ0n) is 10.7. The predicted octanol–water partition coefficient (Wildman–Crippen LogP) is 2.23. The molecule has 0 bridgehead atoms. The summed E-state index contributed by atoms with van der Waals surface area (Å²) in [5.41, 5.74) is 0.442. The maximum atomic E-state index is 12.1. The molecule has 1 amide bonds. The van der Waals surface area contributed by atoms with Crippen LogP contribution in [0.1, 0.15) is 30.6 Å². The van der Waals surface area contributed by atoms with Gasteiger partial charge in [-0.1, -0.05) is 13.0 Å². The fourth-order valence-electron chi connectivity index (χ4n) is 1.47. The zero-order chi connectivity index (χ0) is 12.8. The van der Waals surface area contributed by atoms with Crippen molar-refractivity contribution in [3.05, 3.63) is 23.8 Å². The van der Waals surface area contributed by atoms with E-state index in [4.69, 9.17) is 9.47 Å². The van der Waals surface area contributed by atoms with E-state index in [0.717, 1.165) is 6.42 Å². The third kappa shape index (κ3) is 3.12. The van der Waals surface area contributed by atoms with Gasteiger partial charge in [0, 0.05) is 6.04 Å². The molecule has 94 valence electrons. The van der Waals surface area contributed by atoms with E-state index < -0.39 is 0 Å². The van der Waals surface area contributed by atoms with Crippen molar-refractivity contribution in [2.75, 3.05) is 14.2 Å². The molecule has 17 heavy (non-hydrogen) atoms. The lowest BCUT2D eigenvalue weighted by atomic mass is 10.1. The summed E-state index contributed by atoms with van der Waals surface area (Å²) in [5, 5.41) is 2.90. The molecule has 0 aliphatic carbocycles. The highest BCUT2D eigenvalue weighted by Crippen LogP contribution is 2.28. The number of hydrogen-bond donors (Lipinski definition) is 1. The molecule has 1 aromatic rings. The fraction of sp³-hybridized carbons (Fsp3) is 0.462. The molecular formula is C13H19NO3. The maximum Gasteiger partial charge on any atom is 0.259 e. The Morgan fingerprint density at radius 2 is 1.82 bits per heavy atom. The van der Waals surface area contributed by atoms with Crippen molar-refractivity contribution in [1.82, 2.24) is 5.32 Å². The number of hydrogen-bond acceptors (Lipinski definition) is 3. The molecule has 0 aliphatic rings. The highest BCUT2D eigenvalue weighted by atomic mass is 16.5. The summed E-state index contributed by atoms with van der Waals surface area (Å²) in [6.45, 7) is 3.98. The molecule has 1 rings (SSSR count). The van der Waals surface area contributed by atoms with Gasteiger partial charge in [-0.15, -0.1) is 0 Å². The number of nitrogens with one attached hydrogen (secondary N) is 1. The summed E-state index contributed by atoms with van der Waals surface area (Å²) in [7, 11) is 3.07. The van der Waals surface area contributed by atoms with Gasteiger partial charge in [0.05, 0.1) is 14.2 Å². The van der Waals surface area contributed by atoms with Gasteiger partial charge in [0.25, 0.3) is 5.91 Å². The van der Waals surface area contributed by atoms with Gasteiger partial charge in [0.1, 0.15) is 17.1 Å². The molecule has 0 heterocycles. The molecule has 1 N–H and O–H groups in total. The van der Waals surface area contributed by atoms with Crippen molar-refractivity contribution in [2.24, 2.45) is 0 Å². The number of carbonyl (C=O) groups is 1. The van der Waals surface area contributed by atoms with Crippen molar-refractivity contribution >= 4 is 5.91 Å². The van der Waals surface area contributed by atoms with Gasteiger partial charge in [-0.25, -0.2) is 0 Å². The lowest BCUT2D eigenvalue weighted by molar-refractivity contribution is 0.0933. The second kappa shape index (κ2) is 6.13. The monoisotopic (exact) mass is 237 g/mol. The van der Waals surface area contributed by atoms with Crippen LogP contribution in [-0.4, -0.2) is 26.2 Å². The molecule has 0 saturated carbocycles. The summed E-state index contributed by atoms with van der Waals surface area (Å²) in [6.07, 6.45) is 0.878. The van der Waals surface area contributed by atoms with E-state index in [2.05, 4.69) is 5.32 Å². The Labute approximate surface area is 102 Å². The number of methoxy groups -OCH3 is 2. The van der Waals surface area contributed by atoms with Crippen LogP contribution in [0.4, 0.5) is 0 Å². The standard InChI is InChI=1S/C13H19NO3/c1-5-9(2)14-13(15)12-10(16-3)7-6-8-11(12)17-4/h6-9H,5H2,1-4H3,(H,14,15). The summed E-state index contributed by atoms with van der Waals surface area (Å²) in [4.78, 5) is 12.1. The average molecular weight is 237 g/mol. The Kier molecular flexibility index (Phi) is 4.82. The van der Waals surface area contributed by atoms with Gasteiger partial charge in [0.15, 0.2) is 0 Å². The van der Waals surface area contributed by atoms with E-state index >= 15 is 0 Å². The molecule has 1 atom stereocenters. The van der Waals surface area contributed by atoms with E-state index in [-0.39, 0.29) is 11.9 Å². The van der Waals surface area contributed by atoms with Crippen LogP contribution in [0.5, 0.6) is 11.5 Å². The molecule has 1 aromatic carbocycles. The maximum absolute atomic E-state index is 12.1. The molecule has 0 radical (unpaired) electrons. The molecular weight excluding hydrogens is 218 g/mol. The zero-order valence-corrected chi connectivity index (χ0v) is 10.7. The van der Waals surface area contributed by atoms with Crippen LogP contribution in [-0.2, 0) is 0 Å². The first-order valence-electron chi connectivity index (χ1n) is 5.65. The van der Waals surface area contributed by atoms with Crippen LogP contribution in [0, 0.1) is 0 Å². The topological polar surface area (TPSA) is 47.6 Å². The number of benzene rings is 1. The number of carbonyl (C=O) groups excluding carboxylic acids is 1. The molecule has 4 nitrogen and oxygen atoms in total. The van der Waals surface area contributed by atoms with E-state index in [9.17, 15) is 4.79 Å². The molecule has 4 heteroatoms. The van der Waals surface area contributed by atoms with Crippen LogP contribution in [0.3, 0.4) is 0 Å². The first-order valence-corrected chi connectivity index (χ1v) is 5.65. The quantitative estimate of drug-likeness (QED) is 0.854. The van der Waals surface area contributed by atoms with Crippen molar-refractivity contribution in [3.8, 4) is 11.5 Å². The minimum absolute atomic E-state index is 0.122. The van der Waals surface area contributed by atoms with Crippen molar-refractivity contribution in [2.45, 2.75) is 26.3 Å². The number of rotatable bonds is 5. The van der Waals surface area contributed by atoms with E-state index in [1.54, 1.807) is 18.2 Å². The van der Waals surface area contributed by atoms with Gasteiger partial charge in [-0.05, 0) is 25.5 Å². The predicted molar refractivity (Wildman–Crippen MR) is 66.8 cm³/mol. The molecule has 0 fully saturated rings. The van der Waals surface area contributed by atoms with E-state index in [1.807, 2.05) is 13.8 Å². The Morgan fingerprint density at radius 1 is 1.29 bits per heavy atom. The van der Waals surface area contributed by atoms with Gasteiger partial charge in [0.2, 0.25) is 0 Å². The summed E-state index contributed by atoms with van der Waals surface area (Å²) in [6, 6.07) is 5.40. The SMILES string of the molecule is CCC(C)NC(=O)c1c(OC)cccc1OC. The lowest BCUT2D eigenvalue weighted by Gasteiger charge is -2.15. The lowest BCUT2D eigenvalue weighted by Crippen LogP contribution is -2.32. The largest absolute Gasteiger partial charge is 0.496 e. The number of amides is 1. The minimum atomic E-state index is -0.173. The summed E-state index contributed by atoms with van der Waals surface area (Å²) in [5.74, 6) is 0.865. The summed E-state index contributed by atoms with van der Waals surface area (Å²) >= 11 is 0. The highest BCUT2D eigenvalue weighted by Gasteiger charge is 2.18. The van der Waals surface area contributed by atoms with Crippen LogP contribution < -0.4 is 14.8 Å². The molecule has 0 aromatic heterocycles. The van der Waals surface area contributed by atoms with E-state index in [1.165, 1.54) is 14.2 Å². The van der Waals surface area contributed by atoms with Crippen LogP contribution in [0.2, 0.25) is 0 Å². The van der Waals surface area contributed by atoms with Gasteiger partial charge < -0.3 is 14.8 Å². The van der Waals surface area contributed by atoms with Crippen molar-refractivity contribution in [3.63, 3.8) is 0 Å². The number of ether oxygens (including phenoxy) is 2. The second-order valence-electron chi connectivity index (χ2n) is 3.82.